The van der Waals surface area contributed by atoms with E-state index in [0.29, 0.717) is 16.9 Å². The Morgan fingerprint density at radius 1 is 0.870 bits per heavy atom. The van der Waals surface area contributed by atoms with Crippen LogP contribution >= 0.6 is 7.52 Å². The minimum absolute atomic E-state index is 0.521. The predicted octanol–water partition coefficient (Wildman–Crippen LogP) is 4.40. The Hall–Kier alpha value is -2.58. The lowest BCUT2D eigenvalue weighted by Crippen LogP contribution is -2.17. The van der Waals surface area contributed by atoms with Gasteiger partial charge in [0.1, 0.15) is 11.6 Å². The van der Waals surface area contributed by atoms with Crippen LogP contribution in [0, 0.1) is 6.92 Å². The highest BCUT2D eigenvalue weighted by Gasteiger charge is 2.28. The average molecular weight is 324 g/mol. The van der Waals surface area contributed by atoms with Gasteiger partial charge in [-0.15, -0.1) is 0 Å². The summed E-state index contributed by atoms with van der Waals surface area (Å²) in [7, 11) is -3.35. The Morgan fingerprint density at radius 3 is 2.17 bits per heavy atom. The number of hydrogen-bond acceptors (Lipinski definition) is 3. The van der Waals surface area contributed by atoms with Crippen molar-refractivity contribution in [3.63, 3.8) is 0 Å². The SMILES string of the molecule is Cc1cccc(N[P@@](=O)(Oc2ccccc2)c2ccccc2)n1. The second-order valence-electron chi connectivity index (χ2n) is 5.07. The highest BCUT2D eigenvalue weighted by molar-refractivity contribution is 7.68. The molecule has 23 heavy (non-hydrogen) atoms. The summed E-state index contributed by atoms with van der Waals surface area (Å²) in [5.74, 6) is 1.06. The van der Waals surface area contributed by atoms with Crippen LogP contribution in [0.3, 0.4) is 0 Å². The molecule has 3 rings (SSSR count). The number of para-hydroxylation sites is 1. The summed E-state index contributed by atoms with van der Waals surface area (Å²) in [5.41, 5.74) is 0.842. The number of rotatable bonds is 5. The molecular weight excluding hydrogens is 307 g/mol. The molecule has 1 N–H and O–H groups in total. The molecular formula is C18H17N2O2P. The maximum atomic E-state index is 13.5. The molecule has 116 valence electrons. The van der Waals surface area contributed by atoms with Gasteiger partial charge >= 0.3 is 7.52 Å². The molecule has 1 aromatic heterocycles. The van der Waals surface area contributed by atoms with E-state index in [0.717, 1.165) is 5.69 Å². The van der Waals surface area contributed by atoms with Gasteiger partial charge in [-0.2, -0.15) is 0 Å². The van der Waals surface area contributed by atoms with Gasteiger partial charge in [0.15, 0.2) is 0 Å². The van der Waals surface area contributed by atoms with Crippen LogP contribution in [0.1, 0.15) is 5.69 Å². The molecule has 0 spiro atoms. The van der Waals surface area contributed by atoms with E-state index in [-0.39, 0.29) is 0 Å². The first-order chi connectivity index (χ1) is 11.2. The number of nitrogens with one attached hydrogen (secondary N) is 1. The lowest BCUT2D eigenvalue weighted by Gasteiger charge is -2.21. The molecule has 0 aliphatic rings. The first-order valence-corrected chi connectivity index (χ1v) is 8.90. The van der Waals surface area contributed by atoms with Gasteiger partial charge < -0.3 is 4.52 Å². The quantitative estimate of drug-likeness (QED) is 0.707. The van der Waals surface area contributed by atoms with E-state index in [1.807, 2.05) is 55.5 Å². The second kappa shape index (κ2) is 6.67. The third kappa shape index (κ3) is 3.79. The molecule has 0 amide bonds. The maximum Gasteiger partial charge on any atom is 0.372 e. The van der Waals surface area contributed by atoms with Crippen molar-refractivity contribution in [3.8, 4) is 5.75 Å². The van der Waals surface area contributed by atoms with Crippen LogP contribution in [0.15, 0.2) is 78.9 Å². The number of hydrogen-bond donors (Lipinski definition) is 1. The van der Waals surface area contributed by atoms with Gasteiger partial charge in [-0.05, 0) is 43.3 Å². The molecule has 0 aliphatic carbocycles. The lowest BCUT2D eigenvalue weighted by molar-refractivity contribution is 0.498. The summed E-state index contributed by atoms with van der Waals surface area (Å²) in [6.45, 7) is 1.89. The largest absolute Gasteiger partial charge is 0.426 e. The number of anilines is 1. The molecule has 4 nitrogen and oxygen atoms in total. The molecule has 1 heterocycles. The third-order valence-corrected chi connectivity index (χ3v) is 5.19. The van der Waals surface area contributed by atoms with Gasteiger partial charge in [-0.3, -0.25) is 5.09 Å². The third-order valence-electron chi connectivity index (χ3n) is 3.22. The van der Waals surface area contributed by atoms with Crippen LogP contribution in [0.2, 0.25) is 0 Å². The van der Waals surface area contributed by atoms with Crippen molar-refractivity contribution < 1.29 is 9.09 Å². The highest BCUT2D eigenvalue weighted by Crippen LogP contribution is 2.45. The van der Waals surface area contributed by atoms with Crippen LogP contribution < -0.4 is 14.9 Å². The van der Waals surface area contributed by atoms with Crippen molar-refractivity contribution in [3.05, 3.63) is 84.6 Å². The van der Waals surface area contributed by atoms with E-state index in [2.05, 4.69) is 10.1 Å². The van der Waals surface area contributed by atoms with E-state index in [9.17, 15) is 4.57 Å². The summed E-state index contributed by atoms with van der Waals surface area (Å²) in [6.07, 6.45) is 0. The van der Waals surface area contributed by atoms with Crippen LogP contribution in [0.25, 0.3) is 0 Å². The molecule has 5 heteroatoms. The first-order valence-electron chi connectivity index (χ1n) is 7.28. The minimum Gasteiger partial charge on any atom is -0.426 e. The Labute approximate surface area is 135 Å². The minimum atomic E-state index is -3.35. The van der Waals surface area contributed by atoms with E-state index in [1.165, 1.54) is 0 Å². The Balaban J connectivity index is 1.98. The molecule has 1 atom stereocenters. The van der Waals surface area contributed by atoms with Crippen LogP contribution in [0.5, 0.6) is 5.75 Å². The predicted molar refractivity (Wildman–Crippen MR) is 93.3 cm³/mol. The zero-order valence-corrected chi connectivity index (χ0v) is 13.6. The summed E-state index contributed by atoms with van der Waals surface area (Å²) < 4.78 is 19.3. The van der Waals surface area contributed by atoms with Gasteiger partial charge in [-0.25, -0.2) is 9.55 Å². The fourth-order valence-corrected chi connectivity index (χ4v) is 3.84. The number of benzene rings is 2. The molecule has 2 aromatic carbocycles. The van der Waals surface area contributed by atoms with E-state index >= 15 is 0 Å². The lowest BCUT2D eigenvalue weighted by atomic mass is 10.3. The highest BCUT2D eigenvalue weighted by atomic mass is 31.2. The number of aromatic nitrogens is 1. The summed E-state index contributed by atoms with van der Waals surface area (Å²) in [4.78, 5) is 4.36. The normalized spacial score (nSPS) is 13.1. The fraction of sp³-hybridized carbons (Fsp3) is 0.0556. The number of aryl methyl sites for hydroxylation is 1. The Morgan fingerprint density at radius 2 is 1.52 bits per heavy atom. The molecule has 0 saturated heterocycles. The van der Waals surface area contributed by atoms with Gasteiger partial charge in [0, 0.05) is 5.69 Å². The molecule has 0 saturated carbocycles. The van der Waals surface area contributed by atoms with E-state index in [4.69, 9.17) is 4.52 Å². The van der Waals surface area contributed by atoms with Crippen molar-refractivity contribution in [2.24, 2.45) is 0 Å². The van der Waals surface area contributed by atoms with Crippen molar-refractivity contribution in [2.75, 3.05) is 5.09 Å². The van der Waals surface area contributed by atoms with Crippen molar-refractivity contribution >= 4 is 18.6 Å². The van der Waals surface area contributed by atoms with E-state index < -0.39 is 7.52 Å². The second-order valence-corrected chi connectivity index (χ2v) is 7.09. The van der Waals surface area contributed by atoms with Gasteiger partial charge in [0.25, 0.3) is 0 Å². The monoisotopic (exact) mass is 324 g/mol. The fourth-order valence-electron chi connectivity index (χ4n) is 2.15. The van der Waals surface area contributed by atoms with Crippen molar-refractivity contribution in [2.45, 2.75) is 6.92 Å². The first kappa shape index (κ1) is 15.3. The Kier molecular flexibility index (Phi) is 4.45. The zero-order valence-electron chi connectivity index (χ0n) is 12.7. The number of nitrogens with zero attached hydrogens (tertiary/aromatic N) is 1. The maximum absolute atomic E-state index is 13.5. The summed E-state index contributed by atoms with van der Waals surface area (Å²) in [5, 5.41) is 3.57. The average Bonchev–Trinajstić information content (AvgIpc) is 2.56. The topological polar surface area (TPSA) is 51.2 Å². The number of pyridine rings is 1. The molecule has 0 aliphatic heterocycles. The van der Waals surface area contributed by atoms with Crippen molar-refractivity contribution in [1.82, 2.24) is 4.98 Å². The van der Waals surface area contributed by atoms with Crippen molar-refractivity contribution in [1.29, 1.82) is 0 Å². The van der Waals surface area contributed by atoms with Gasteiger partial charge in [0.2, 0.25) is 0 Å². The Bertz CT molecular complexity index is 823. The van der Waals surface area contributed by atoms with Gasteiger partial charge in [0.05, 0.1) is 5.30 Å². The van der Waals surface area contributed by atoms with Crippen LogP contribution in [0.4, 0.5) is 5.82 Å². The van der Waals surface area contributed by atoms with E-state index in [1.54, 1.807) is 30.3 Å². The summed E-state index contributed by atoms with van der Waals surface area (Å²) >= 11 is 0. The standard InChI is InChI=1S/C18H17N2O2P/c1-15-9-8-14-18(19-15)20-23(21,17-12-6-3-7-13-17)22-16-10-4-2-5-11-16/h2-14H,1H3,(H,19,20,21)/t23-/m0/s1. The van der Waals surface area contributed by atoms with Crippen LogP contribution in [-0.2, 0) is 4.57 Å². The summed E-state index contributed by atoms with van der Waals surface area (Å²) in [6, 6.07) is 23.8. The molecule has 3 aromatic rings. The molecule has 0 bridgehead atoms. The molecule has 0 radical (unpaired) electrons. The molecule has 0 fully saturated rings. The van der Waals surface area contributed by atoms with Crippen LogP contribution in [-0.4, -0.2) is 4.98 Å². The van der Waals surface area contributed by atoms with Gasteiger partial charge in [-0.1, -0.05) is 42.5 Å². The smallest absolute Gasteiger partial charge is 0.372 e. The molecule has 0 unspecified atom stereocenters. The zero-order chi connectivity index (χ0) is 16.1.